The monoisotopic (exact) mass is 966 g/mol. The number of aryl methyl sites for hydroxylation is 1. The number of carbonyl (C=O) groups is 2. The molecule has 64 heavy (non-hydrogen) atoms. The average molecular weight is 967 g/mol. The van der Waals surface area contributed by atoms with Crippen LogP contribution in [0.1, 0.15) is 51.4 Å². The number of alkyl halides is 3. The normalized spacial score (nSPS) is 12.2. The van der Waals surface area contributed by atoms with Gasteiger partial charge in [-0.15, -0.1) is 0 Å². The smallest absolute Gasteiger partial charge is 0.431 e. The number of hydrogen-bond donors (Lipinski definition) is 5. The number of benzene rings is 2. The standard InChI is InChI=1S/C25H25F3N2O6.C8H14ClN5.C3H8NO5P.C3H9S/c1-5-16-6-7-17(20(12-16)36-15(2)23(32)34-4)14-35-19-10-8-18(9-11-19)30-22(31)13-21(25(26,27)28)29(3)24(30)33;1-4-10-7-12-6(9)13-8(14-7)11-5(2)3;5-3(6)1-4-2-10(7,8)9;1-4(2)3/h6-13,15H,5,14H2,1-4H3;5H,4H2,1-3H3,(H2,10,11,12,13,14);4H,1-2H2,(H,5,6)(H2,7,8,9);1-3H3/q;;;+1/p-1. The van der Waals surface area contributed by atoms with Crippen LogP contribution in [0.15, 0.2) is 58.1 Å². The third-order valence-electron chi connectivity index (χ3n) is 7.43. The van der Waals surface area contributed by atoms with E-state index < -0.39 is 61.6 Å². The summed E-state index contributed by atoms with van der Waals surface area (Å²) >= 11 is 5.73. The number of rotatable bonds is 16. The molecule has 0 spiro atoms. The van der Waals surface area contributed by atoms with E-state index in [2.05, 4.69) is 44.4 Å². The number of nitrogens with one attached hydrogen (secondary N) is 3. The predicted molar refractivity (Wildman–Crippen MR) is 238 cm³/mol. The third kappa shape index (κ3) is 21.5. The van der Waals surface area contributed by atoms with Crippen LogP contribution in [0.5, 0.6) is 11.5 Å². The number of anilines is 2. The predicted octanol–water partition coefficient (Wildman–Crippen LogP) is 4.07. The van der Waals surface area contributed by atoms with Crippen LogP contribution in [0, 0.1) is 0 Å². The maximum atomic E-state index is 13.1. The van der Waals surface area contributed by atoms with E-state index >= 15 is 0 Å². The first kappa shape index (κ1) is 56.8. The number of ether oxygens (including phenoxy) is 3. The molecular formula is C39H55ClF3N8O11PS. The summed E-state index contributed by atoms with van der Waals surface area (Å²) in [5.41, 5.74) is -1.80. The molecule has 4 rings (SSSR count). The zero-order chi connectivity index (χ0) is 48.9. The van der Waals surface area contributed by atoms with Crippen LogP contribution < -0.4 is 41.6 Å². The second kappa shape index (κ2) is 27.2. The Kier molecular flexibility index (Phi) is 24.2. The second-order valence-electron chi connectivity index (χ2n) is 13.8. The Morgan fingerprint density at radius 1 is 1.00 bits per heavy atom. The number of hydrogen-bond acceptors (Lipinski definition) is 15. The first-order chi connectivity index (χ1) is 29.7. The van der Waals surface area contributed by atoms with Gasteiger partial charge in [0.15, 0.2) is 6.10 Å². The summed E-state index contributed by atoms with van der Waals surface area (Å²) in [6.45, 7) is 9.88. The summed E-state index contributed by atoms with van der Waals surface area (Å²) in [7, 11) is -1.49. The Bertz CT molecular complexity index is 2280. The van der Waals surface area contributed by atoms with Crippen molar-refractivity contribution in [3.63, 3.8) is 0 Å². The van der Waals surface area contributed by atoms with Gasteiger partial charge in [-0.1, -0.05) is 19.1 Å². The second-order valence-corrected chi connectivity index (χ2v) is 18.2. The van der Waals surface area contributed by atoms with Crippen LogP contribution in [-0.2, 0) is 56.0 Å². The first-order valence-electron chi connectivity index (χ1n) is 19.1. The molecule has 0 bridgehead atoms. The van der Waals surface area contributed by atoms with Gasteiger partial charge < -0.3 is 44.3 Å². The minimum Gasteiger partial charge on any atom is -0.778 e. The summed E-state index contributed by atoms with van der Waals surface area (Å²) in [5, 5.41) is 16.2. The minimum atomic E-state index is -4.84. The van der Waals surface area contributed by atoms with Gasteiger partial charge in [-0.05, 0) is 92.5 Å². The molecule has 2 unspecified atom stereocenters. The molecule has 0 radical (unpaired) electrons. The molecule has 0 fully saturated rings. The number of nitrogens with zero attached hydrogens (tertiary/aromatic N) is 5. The van der Waals surface area contributed by atoms with E-state index in [1.54, 1.807) is 6.92 Å². The van der Waals surface area contributed by atoms with E-state index in [1.165, 1.54) is 31.4 Å². The van der Waals surface area contributed by atoms with Gasteiger partial charge in [0.25, 0.3) is 5.56 Å². The van der Waals surface area contributed by atoms with Crippen molar-refractivity contribution >= 4 is 53.9 Å². The number of aromatic nitrogens is 5. The number of carboxylic acids is 1. The highest BCUT2D eigenvalue weighted by molar-refractivity contribution is 7.94. The molecule has 0 saturated carbocycles. The van der Waals surface area contributed by atoms with E-state index in [0.717, 1.165) is 25.6 Å². The average Bonchev–Trinajstić information content (AvgIpc) is 3.17. The number of carbonyl (C=O) groups excluding carboxylic acids is 1. The van der Waals surface area contributed by atoms with Crippen molar-refractivity contribution in [3.8, 4) is 17.2 Å². The minimum absolute atomic E-state index is 0.0779. The molecule has 0 aliphatic carbocycles. The molecule has 0 aliphatic rings. The maximum absolute atomic E-state index is 13.1. The molecule has 0 saturated heterocycles. The number of aliphatic carboxylic acids is 1. The van der Waals surface area contributed by atoms with Crippen LogP contribution in [-0.4, -0.2) is 103 Å². The fourth-order valence-electron chi connectivity index (χ4n) is 4.65. The lowest BCUT2D eigenvalue weighted by Gasteiger charge is -2.17. The van der Waals surface area contributed by atoms with Crippen molar-refractivity contribution < 1.29 is 56.4 Å². The number of carboxylic acid groups (broad SMARTS) is 1. The van der Waals surface area contributed by atoms with Crippen LogP contribution in [0.2, 0.25) is 5.28 Å². The van der Waals surface area contributed by atoms with Crippen molar-refractivity contribution in [1.82, 2.24) is 29.4 Å². The van der Waals surface area contributed by atoms with Crippen molar-refractivity contribution in [2.24, 2.45) is 7.05 Å². The summed E-state index contributed by atoms with van der Waals surface area (Å²) < 4.78 is 66.4. The Morgan fingerprint density at radius 2 is 1.59 bits per heavy atom. The molecule has 25 heteroatoms. The highest BCUT2D eigenvalue weighted by Crippen LogP contribution is 2.28. The highest BCUT2D eigenvalue weighted by Gasteiger charge is 2.35. The van der Waals surface area contributed by atoms with Gasteiger partial charge >= 0.3 is 23.8 Å². The van der Waals surface area contributed by atoms with Gasteiger partial charge in [-0.25, -0.2) is 14.2 Å². The largest absolute Gasteiger partial charge is 0.778 e. The van der Waals surface area contributed by atoms with E-state index in [-0.39, 0.29) is 23.6 Å². The Balaban J connectivity index is 0.000000593. The van der Waals surface area contributed by atoms with Crippen molar-refractivity contribution in [2.75, 3.05) is 55.9 Å². The Morgan fingerprint density at radius 3 is 2.09 bits per heavy atom. The number of esters is 1. The molecule has 2 aromatic carbocycles. The maximum Gasteiger partial charge on any atom is 0.431 e. The van der Waals surface area contributed by atoms with Gasteiger partial charge in [0.1, 0.15) is 31.4 Å². The van der Waals surface area contributed by atoms with E-state index in [9.17, 15) is 41.8 Å². The molecule has 19 nitrogen and oxygen atoms in total. The van der Waals surface area contributed by atoms with Gasteiger partial charge in [-0.2, -0.15) is 28.1 Å². The number of halogens is 4. The quantitative estimate of drug-likeness (QED) is 0.0602. The SMILES string of the molecule is CCNc1nc(Cl)nc(NC(C)C)n1.CCc1ccc(COc2ccc(-n3c(=O)cc(C(F)(F)F)n(C)c3=O)cc2)c(OC(C)C(=O)OC)c1.C[S+](C)C.O=C(O)CNCP(=O)([O-])O. The lowest BCUT2D eigenvalue weighted by Crippen LogP contribution is -2.40. The summed E-state index contributed by atoms with van der Waals surface area (Å²) in [5.74, 6) is 0.134. The summed E-state index contributed by atoms with van der Waals surface area (Å²) in [6.07, 6.45) is 0.967. The van der Waals surface area contributed by atoms with Crippen LogP contribution in [0.3, 0.4) is 0 Å². The lowest BCUT2D eigenvalue weighted by atomic mass is 10.1. The van der Waals surface area contributed by atoms with Gasteiger partial charge in [0, 0.05) is 31.3 Å². The lowest BCUT2D eigenvalue weighted by molar-refractivity contribution is -0.193. The first-order valence-corrected chi connectivity index (χ1v) is 23.7. The molecule has 0 aliphatic heterocycles. The fraction of sp³-hybridized carbons (Fsp3) is 0.462. The van der Waals surface area contributed by atoms with Gasteiger partial charge in [0.05, 0.1) is 44.4 Å². The zero-order valence-corrected chi connectivity index (χ0v) is 39.4. The van der Waals surface area contributed by atoms with Crippen molar-refractivity contribution in [2.45, 2.75) is 66.0 Å². The zero-order valence-electron chi connectivity index (χ0n) is 37.0. The summed E-state index contributed by atoms with van der Waals surface area (Å²) in [4.78, 5) is 76.3. The van der Waals surface area contributed by atoms with Crippen LogP contribution in [0.25, 0.3) is 5.69 Å². The fourth-order valence-corrected chi connectivity index (χ4v) is 5.21. The molecule has 356 valence electrons. The molecule has 4 aromatic rings. The molecule has 2 atom stereocenters. The van der Waals surface area contributed by atoms with E-state index in [4.69, 9.17) is 35.8 Å². The van der Waals surface area contributed by atoms with Gasteiger partial charge in [-0.3, -0.25) is 19.5 Å². The topological polar surface area (TPSA) is 261 Å². The molecule has 2 aromatic heterocycles. The highest BCUT2D eigenvalue weighted by atomic mass is 35.5. The van der Waals surface area contributed by atoms with Gasteiger partial charge in [0.2, 0.25) is 17.2 Å². The van der Waals surface area contributed by atoms with Crippen LogP contribution in [0.4, 0.5) is 25.1 Å². The third-order valence-corrected chi connectivity index (χ3v) is 8.22. The van der Waals surface area contributed by atoms with E-state index in [0.29, 0.717) is 55.1 Å². The van der Waals surface area contributed by atoms with Crippen LogP contribution >= 0.6 is 19.2 Å². The van der Waals surface area contributed by atoms with Crippen molar-refractivity contribution in [1.29, 1.82) is 0 Å². The number of methoxy groups -OCH3 is 1. The summed E-state index contributed by atoms with van der Waals surface area (Å²) in [6, 6.07) is 11.9. The molecular weight excluding hydrogens is 912 g/mol. The Hall–Kier alpha value is -5.19. The molecule has 5 N–H and O–H groups in total. The Labute approximate surface area is 376 Å². The van der Waals surface area contributed by atoms with Crippen molar-refractivity contribution in [3.05, 3.63) is 91.5 Å². The molecule has 2 heterocycles. The molecule has 0 amide bonds. The van der Waals surface area contributed by atoms with E-state index in [1.807, 2.05) is 51.2 Å².